The van der Waals surface area contributed by atoms with Crippen molar-refractivity contribution in [3.05, 3.63) is 52.5 Å². The summed E-state index contributed by atoms with van der Waals surface area (Å²) < 4.78 is 32.3. The number of nitrogen functional groups attached to an aromatic ring is 1. The Hall–Kier alpha value is -1.62. The Labute approximate surface area is 105 Å². The van der Waals surface area contributed by atoms with Gasteiger partial charge in [-0.15, -0.1) is 0 Å². The summed E-state index contributed by atoms with van der Waals surface area (Å²) in [7, 11) is 0. The standard InChI is InChI=1S/C12H8BrF2NO/c13-7-1-4-10(16)12(5-7)17-11-6-8(14)2-3-9(11)15/h1-6H,16H2. The van der Waals surface area contributed by atoms with E-state index in [0.717, 1.165) is 22.7 Å². The SMILES string of the molecule is Nc1ccc(Br)cc1Oc1cc(F)ccc1F. The smallest absolute Gasteiger partial charge is 0.166 e. The van der Waals surface area contributed by atoms with Gasteiger partial charge in [0.15, 0.2) is 17.3 Å². The molecular formula is C12H8BrF2NO. The van der Waals surface area contributed by atoms with E-state index in [1.165, 1.54) is 0 Å². The first-order valence-electron chi connectivity index (χ1n) is 4.74. The summed E-state index contributed by atoms with van der Waals surface area (Å²) in [5.41, 5.74) is 6.01. The van der Waals surface area contributed by atoms with Gasteiger partial charge in [-0.1, -0.05) is 15.9 Å². The van der Waals surface area contributed by atoms with E-state index in [1.54, 1.807) is 18.2 Å². The zero-order valence-electron chi connectivity index (χ0n) is 8.58. The van der Waals surface area contributed by atoms with Gasteiger partial charge in [-0.05, 0) is 30.3 Å². The van der Waals surface area contributed by atoms with E-state index in [0.29, 0.717) is 5.69 Å². The molecule has 0 fully saturated rings. The number of ether oxygens (including phenoxy) is 1. The summed E-state index contributed by atoms with van der Waals surface area (Å²) in [4.78, 5) is 0. The minimum atomic E-state index is -0.647. The summed E-state index contributed by atoms with van der Waals surface area (Å²) in [6, 6.07) is 7.90. The molecule has 0 aliphatic heterocycles. The van der Waals surface area contributed by atoms with E-state index in [-0.39, 0.29) is 11.5 Å². The number of nitrogens with two attached hydrogens (primary N) is 1. The molecule has 2 nitrogen and oxygen atoms in total. The highest BCUT2D eigenvalue weighted by Crippen LogP contribution is 2.31. The van der Waals surface area contributed by atoms with Crippen LogP contribution in [0.15, 0.2) is 40.9 Å². The first-order valence-corrected chi connectivity index (χ1v) is 5.53. The van der Waals surface area contributed by atoms with Crippen LogP contribution in [0.2, 0.25) is 0 Å². The number of anilines is 1. The third kappa shape index (κ3) is 2.74. The molecule has 0 radical (unpaired) electrons. The van der Waals surface area contributed by atoms with Gasteiger partial charge in [0.25, 0.3) is 0 Å². The monoisotopic (exact) mass is 299 g/mol. The number of halogens is 3. The molecule has 0 bridgehead atoms. The lowest BCUT2D eigenvalue weighted by Crippen LogP contribution is -1.94. The van der Waals surface area contributed by atoms with Gasteiger partial charge in [0.05, 0.1) is 5.69 Å². The highest BCUT2D eigenvalue weighted by molar-refractivity contribution is 9.10. The molecule has 0 amide bonds. The molecule has 0 heterocycles. The van der Waals surface area contributed by atoms with Crippen molar-refractivity contribution in [1.29, 1.82) is 0 Å². The molecule has 2 rings (SSSR count). The second-order valence-electron chi connectivity index (χ2n) is 3.36. The molecule has 0 unspecified atom stereocenters. The van der Waals surface area contributed by atoms with Crippen molar-refractivity contribution in [3.8, 4) is 11.5 Å². The van der Waals surface area contributed by atoms with Crippen molar-refractivity contribution >= 4 is 21.6 Å². The minimum absolute atomic E-state index is 0.199. The van der Waals surface area contributed by atoms with Crippen LogP contribution >= 0.6 is 15.9 Å². The average molecular weight is 300 g/mol. The van der Waals surface area contributed by atoms with E-state index in [9.17, 15) is 8.78 Å². The van der Waals surface area contributed by atoms with Gasteiger partial charge >= 0.3 is 0 Å². The first-order chi connectivity index (χ1) is 8.06. The van der Waals surface area contributed by atoms with Crippen LogP contribution in [0.5, 0.6) is 11.5 Å². The van der Waals surface area contributed by atoms with Gasteiger partial charge in [-0.25, -0.2) is 8.78 Å². The van der Waals surface area contributed by atoms with Crippen LogP contribution in [0, 0.1) is 11.6 Å². The summed E-state index contributed by atoms with van der Waals surface area (Å²) in [5.74, 6) is -1.15. The molecule has 2 N–H and O–H groups in total. The van der Waals surface area contributed by atoms with Crippen LogP contribution in [-0.2, 0) is 0 Å². The minimum Gasteiger partial charge on any atom is -0.452 e. The third-order valence-electron chi connectivity index (χ3n) is 2.09. The third-order valence-corrected chi connectivity index (χ3v) is 2.58. The van der Waals surface area contributed by atoms with Crippen LogP contribution in [0.25, 0.3) is 0 Å². The molecule has 17 heavy (non-hydrogen) atoms. The lowest BCUT2D eigenvalue weighted by molar-refractivity contribution is 0.438. The highest BCUT2D eigenvalue weighted by atomic mass is 79.9. The zero-order valence-corrected chi connectivity index (χ0v) is 10.2. The maximum absolute atomic E-state index is 13.3. The number of hydrogen-bond donors (Lipinski definition) is 1. The molecule has 88 valence electrons. The summed E-state index contributed by atoms with van der Waals surface area (Å²) in [5, 5.41) is 0. The Morgan fingerprint density at radius 3 is 2.53 bits per heavy atom. The highest BCUT2D eigenvalue weighted by Gasteiger charge is 2.08. The Kier molecular flexibility index (Phi) is 3.28. The Morgan fingerprint density at radius 2 is 1.76 bits per heavy atom. The summed E-state index contributed by atoms with van der Waals surface area (Å²) in [6.45, 7) is 0. The van der Waals surface area contributed by atoms with Gasteiger partial charge in [0.2, 0.25) is 0 Å². The maximum Gasteiger partial charge on any atom is 0.166 e. The second-order valence-corrected chi connectivity index (χ2v) is 4.27. The van der Waals surface area contributed by atoms with E-state index < -0.39 is 11.6 Å². The van der Waals surface area contributed by atoms with E-state index >= 15 is 0 Å². The van der Waals surface area contributed by atoms with Crippen molar-refractivity contribution in [2.24, 2.45) is 0 Å². The van der Waals surface area contributed by atoms with Crippen LogP contribution in [0.3, 0.4) is 0 Å². The van der Waals surface area contributed by atoms with Crippen LogP contribution in [0.1, 0.15) is 0 Å². The molecular weight excluding hydrogens is 292 g/mol. The Bertz CT molecular complexity index is 511. The number of hydrogen-bond acceptors (Lipinski definition) is 2. The van der Waals surface area contributed by atoms with Crippen molar-refractivity contribution in [2.75, 3.05) is 5.73 Å². The fourth-order valence-electron chi connectivity index (χ4n) is 1.27. The van der Waals surface area contributed by atoms with Crippen LogP contribution in [0.4, 0.5) is 14.5 Å². The maximum atomic E-state index is 13.3. The molecule has 0 saturated carbocycles. The molecule has 0 spiro atoms. The predicted octanol–water partition coefficient (Wildman–Crippen LogP) is 4.10. The number of benzene rings is 2. The lowest BCUT2D eigenvalue weighted by Gasteiger charge is -2.09. The molecule has 2 aromatic carbocycles. The van der Waals surface area contributed by atoms with Gasteiger partial charge in [-0.3, -0.25) is 0 Å². The van der Waals surface area contributed by atoms with Gasteiger partial charge in [0, 0.05) is 10.5 Å². The van der Waals surface area contributed by atoms with Crippen LogP contribution in [-0.4, -0.2) is 0 Å². The normalized spacial score (nSPS) is 10.3. The molecule has 0 aliphatic carbocycles. The lowest BCUT2D eigenvalue weighted by atomic mass is 10.3. The predicted molar refractivity (Wildman–Crippen MR) is 65.0 cm³/mol. The second kappa shape index (κ2) is 4.71. The molecule has 0 aliphatic rings. The molecule has 0 atom stereocenters. The van der Waals surface area contributed by atoms with Crippen LogP contribution < -0.4 is 10.5 Å². The largest absolute Gasteiger partial charge is 0.452 e. The summed E-state index contributed by atoms with van der Waals surface area (Å²) >= 11 is 3.24. The summed E-state index contributed by atoms with van der Waals surface area (Å²) in [6.07, 6.45) is 0. The van der Waals surface area contributed by atoms with E-state index in [1.807, 2.05) is 0 Å². The van der Waals surface area contributed by atoms with Gasteiger partial charge in [-0.2, -0.15) is 0 Å². The molecule has 0 aromatic heterocycles. The fraction of sp³-hybridized carbons (Fsp3) is 0. The quantitative estimate of drug-likeness (QED) is 0.847. The Morgan fingerprint density at radius 1 is 1.00 bits per heavy atom. The molecule has 0 saturated heterocycles. The number of rotatable bonds is 2. The van der Waals surface area contributed by atoms with E-state index in [2.05, 4.69) is 15.9 Å². The average Bonchev–Trinajstić information content (AvgIpc) is 2.28. The molecule has 2 aromatic rings. The molecule has 5 heteroatoms. The van der Waals surface area contributed by atoms with Gasteiger partial charge in [0.1, 0.15) is 5.82 Å². The van der Waals surface area contributed by atoms with Crippen molar-refractivity contribution in [1.82, 2.24) is 0 Å². The Balaban J connectivity index is 2.37. The fourth-order valence-corrected chi connectivity index (χ4v) is 1.61. The van der Waals surface area contributed by atoms with E-state index in [4.69, 9.17) is 10.5 Å². The van der Waals surface area contributed by atoms with Crippen molar-refractivity contribution in [2.45, 2.75) is 0 Å². The first kappa shape index (κ1) is 11.9. The topological polar surface area (TPSA) is 35.2 Å². The van der Waals surface area contributed by atoms with Crippen molar-refractivity contribution < 1.29 is 13.5 Å². The van der Waals surface area contributed by atoms with Crippen molar-refractivity contribution in [3.63, 3.8) is 0 Å². The zero-order chi connectivity index (χ0) is 12.4. The van der Waals surface area contributed by atoms with Gasteiger partial charge < -0.3 is 10.5 Å².